The molecule has 10 nitrogen and oxygen atoms in total. The molecule has 0 radical (unpaired) electrons. The highest BCUT2D eigenvalue weighted by molar-refractivity contribution is 8.01. The summed E-state index contributed by atoms with van der Waals surface area (Å²) in [5.74, 6) is 1.60. The first-order chi connectivity index (χ1) is 13.4. The molecule has 0 amide bonds. The summed E-state index contributed by atoms with van der Waals surface area (Å²) in [6.07, 6.45) is 1.53. The van der Waals surface area contributed by atoms with Gasteiger partial charge in [-0.3, -0.25) is 0 Å². The summed E-state index contributed by atoms with van der Waals surface area (Å²) < 4.78 is 45.9. The van der Waals surface area contributed by atoms with Crippen molar-refractivity contribution in [2.45, 2.75) is 40.2 Å². The number of aliphatic hydroxyl groups is 2. The van der Waals surface area contributed by atoms with Gasteiger partial charge in [-0.1, -0.05) is 0 Å². The highest BCUT2D eigenvalue weighted by atomic mass is 32.2. The van der Waals surface area contributed by atoms with Crippen molar-refractivity contribution in [3.8, 4) is 0 Å². The molecule has 1 aromatic heterocycles. The van der Waals surface area contributed by atoms with Gasteiger partial charge in [0.15, 0.2) is 10.1 Å². The van der Waals surface area contributed by atoms with E-state index in [1.165, 1.54) is 16.7 Å². The molecular formula is C15H22N4O6S4. The van der Waals surface area contributed by atoms with Gasteiger partial charge in [-0.05, 0) is 30.7 Å². The van der Waals surface area contributed by atoms with Crippen molar-refractivity contribution >= 4 is 49.3 Å². The van der Waals surface area contributed by atoms with Gasteiger partial charge in [0, 0.05) is 17.7 Å². The second-order valence-corrected chi connectivity index (χ2v) is 12.1. The molecule has 3 aliphatic heterocycles. The van der Waals surface area contributed by atoms with E-state index in [4.69, 9.17) is 10.3 Å². The number of rotatable bonds is 2. The number of aromatic nitrogens is 1. The molecule has 0 aromatic carbocycles. The fourth-order valence-corrected chi connectivity index (χ4v) is 7.09. The molecule has 3 aliphatic rings. The third kappa shape index (κ3) is 4.90. The van der Waals surface area contributed by atoms with Crippen LogP contribution in [0.2, 0.25) is 0 Å². The minimum absolute atomic E-state index is 0.0564. The van der Waals surface area contributed by atoms with Crippen LogP contribution in [0.15, 0.2) is 32.1 Å². The Morgan fingerprint density at radius 3 is 2.31 bits per heavy atom. The molecule has 6 N–H and O–H groups in total. The standard InChI is InChI=1S/C8H12N2O3S2.C7H10N2O3S2/c1-10-7(15(9,12)13)4-6-8(10)5(11)2-3-14-6;8-14(11,12)6-3-5-7(9-6)4(10)1-2-13-5/h4-5,11H,2-3H2,1H3,(H2,9,12,13);3-5,10H,1-2H2,(H2,8,11,12). The van der Waals surface area contributed by atoms with E-state index in [9.17, 15) is 27.0 Å². The zero-order valence-corrected chi connectivity index (χ0v) is 18.7. The van der Waals surface area contributed by atoms with E-state index in [2.05, 4.69) is 4.99 Å². The molecular weight excluding hydrogens is 460 g/mol. The van der Waals surface area contributed by atoms with Crippen LogP contribution in [-0.4, -0.2) is 60.2 Å². The third-order valence-corrected chi connectivity index (χ3v) is 8.67. The summed E-state index contributed by atoms with van der Waals surface area (Å²) in [6.45, 7) is 0. The topological polar surface area (TPSA) is 178 Å². The zero-order chi connectivity index (χ0) is 21.6. The van der Waals surface area contributed by atoms with Crippen molar-refractivity contribution in [1.29, 1.82) is 0 Å². The highest BCUT2D eigenvalue weighted by Gasteiger charge is 2.33. The molecule has 1 saturated heterocycles. The summed E-state index contributed by atoms with van der Waals surface area (Å²) in [7, 11) is -5.84. The maximum absolute atomic E-state index is 11.2. The van der Waals surface area contributed by atoms with E-state index >= 15 is 0 Å². The first-order valence-electron chi connectivity index (χ1n) is 8.55. The minimum atomic E-state index is -3.74. The van der Waals surface area contributed by atoms with Gasteiger partial charge < -0.3 is 14.8 Å². The molecule has 29 heavy (non-hydrogen) atoms. The molecule has 1 fully saturated rings. The third-order valence-electron chi connectivity index (χ3n) is 4.60. The Balaban J connectivity index is 0.000000166. The minimum Gasteiger partial charge on any atom is -0.387 e. The van der Waals surface area contributed by atoms with Crippen LogP contribution in [-0.2, 0) is 27.1 Å². The molecule has 0 aliphatic carbocycles. The monoisotopic (exact) mass is 482 g/mol. The number of hydrogen-bond acceptors (Lipinski definition) is 9. The Kier molecular flexibility index (Phi) is 6.56. The Bertz CT molecular complexity index is 1080. The Hall–Kier alpha value is -0.870. The molecule has 0 bridgehead atoms. The second kappa shape index (κ2) is 8.34. The molecule has 0 saturated carbocycles. The van der Waals surface area contributed by atoms with Crippen LogP contribution in [0.5, 0.6) is 0 Å². The van der Waals surface area contributed by atoms with E-state index < -0.39 is 32.3 Å². The molecule has 3 atom stereocenters. The van der Waals surface area contributed by atoms with Crippen LogP contribution in [0.4, 0.5) is 0 Å². The van der Waals surface area contributed by atoms with Gasteiger partial charge >= 0.3 is 0 Å². The summed E-state index contributed by atoms with van der Waals surface area (Å²) in [6, 6.07) is 1.53. The number of hydrogen-bond donors (Lipinski definition) is 4. The van der Waals surface area contributed by atoms with Crippen molar-refractivity contribution < 1.29 is 27.0 Å². The van der Waals surface area contributed by atoms with Crippen LogP contribution in [0.3, 0.4) is 0 Å². The van der Waals surface area contributed by atoms with Crippen molar-refractivity contribution in [2.24, 2.45) is 22.3 Å². The average molecular weight is 483 g/mol. The number of sulfonamides is 2. The fraction of sp³-hybridized carbons (Fsp3) is 0.533. The first kappa shape index (κ1) is 22.8. The predicted octanol–water partition coefficient (Wildman–Crippen LogP) is -0.361. The smallest absolute Gasteiger partial charge is 0.255 e. The number of nitrogens with two attached hydrogens (primary N) is 2. The lowest BCUT2D eigenvalue weighted by Crippen LogP contribution is -2.32. The van der Waals surface area contributed by atoms with E-state index in [0.29, 0.717) is 24.2 Å². The van der Waals surface area contributed by atoms with Gasteiger partial charge in [0.05, 0.1) is 28.9 Å². The van der Waals surface area contributed by atoms with Gasteiger partial charge in [-0.25, -0.2) is 32.1 Å². The Labute approximate surface area is 177 Å². The summed E-state index contributed by atoms with van der Waals surface area (Å²) in [4.78, 5) is 4.66. The maximum Gasteiger partial charge on any atom is 0.255 e. The predicted molar refractivity (Wildman–Crippen MR) is 113 cm³/mol. The van der Waals surface area contributed by atoms with Crippen LogP contribution in [0.25, 0.3) is 0 Å². The van der Waals surface area contributed by atoms with Crippen molar-refractivity contribution in [3.05, 3.63) is 22.9 Å². The van der Waals surface area contributed by atoms with Gasteiger partial charge in [0.1, 0.15) is 0 Å². The lowest BCUT2D eigenvalue weighted by molar-refractivity contribution is 0.161. The van der Waals surface area contributed by atoms with Crippen molar-refractivity contribution in [2.75, 3.05) is 11.5 Å². The molecule has 0 spiro atoms. The molecule has 4 heterocycles. The Morgan fingerprint density at radius 2 is 1.76 bits per heavy atom. The summed E-state index contributed by atoms with van der Waals surface area (Å²) >= 11 is 3.11. The number of aliphatic hydroxyl groups excluding tert-OH is 2. The van der Waals surface area contributed by atoms with E-state index in [1.807, 2.05) is 0 Å². The largest absolute Gasteiger partial charge is 0.387 e. The molecule has 1 aromatic rings. The number of aliphatic imine (C=N–C) groups is 1. The quantitative estimate of drug-likeness (QED) is 0.441. The van der Waals surface area contributed by atoms with Gasteiger partial charge in [0.25, 0.3) is 20.0 Å². The molecule has 14 heteroatoms. The first-order valence-corrected chi connectivity index (χ1v) is 13.7. The number of fused-ring (bicyclic) bond motifs is 2. The Morgan fingerprint density at radius 1 is 1.10 bits per heavy atom. The molecule has 3 unspecified atom stereocenters. The molecule has 4 rings (SSSR count). The zero-order valence-electron chi connectivity index (χ0n) is 15.4. The second-order valence-electron chi connectivity index (χ2n) is 6.67. The molecule has 162 valence electrons. The number of nitrogens with zero attached hydrogens (tertiary/aromatic N) is 2. The van der Waals surface area contributed by atoms with E-state index in [0.717, 1.165) is 16.4 Å². The van der Waals surface area contributed by atoms with Gasteiger partial charge in [-0.15, -0.1) is 23.5 Å². The normalized spacial score (nSPS) is 26.6. The summed E-state index contributed by atoms with van der Waals surface area (Å²) in [5.41, 5.74) is 1.17. The highest BCUT2D eigenvalue weighted by Crippen LogP contribution is 2.38. The summed E-state index contributed by atoms with van der Waals surface area (Å²) in [5, 5.41) is 29.1. The van der Waals surface area contributed by atoms with Crippen LogP contribution in [0.1, 0.15) is 24.6 Å². The number of primary sulfonamides is 2. The van der Waals surface area contributed by atoms with Crippen LogP contribution >= 0.6 is 23.5 Å². The van der Waals surface area contributed by atoms with Crippen LogP contribution in [0, 0.1) is 0 Å². The number of thioether (sulfide) groups is 2. The average Bonchev–Trinajstić information content (AvgIpc) is 3.18. The van der Waals surface area contributed by atoms with Crippen molar-refractivity contribution in [3.63, 3.8) is 0 Å². The fourth-order valence-electron chi connectivity index (χ4n) is 3.21. The van der Waals surface area contributed by atoms with Gasteiger partial charge in [0.2, 0.25) is 0 Å². The van der Waals surface area contributed by atoms with Crippen molar-refractivity contribution in [1.82, 2.24) is 4.57 Å². The van der Waals surface area contributed by atoms with E-state index in [1.54, 1.807) is 30.6 Å². The lowest BCUT2D eigenvalue weighted by Gasteiger charge is -2.22. The van der Waals surface area contributed by atoms with Gasteiger partial charge in [-0.2, -0.15) is 0 Å². The SMILES string of the molecule is Cn1c(S(N)(=O)=O)cc2c1C(O)CCS2.NS(=O)(=O)C1=CC2SCCC(O)C2=N1. The van der Waals surface area contributed by atoms with Crippen LogP contribution < -0.4 is 10.3 Å². The maximum atomic E-state index is 11.2. The lowest BCUT2D eigenvalue weighted by atomic mass is 10.1. The van der Waals surface area contributed by atoms with E-state index in [-0.39, 0.29) is 15.3 Å².